The number of rotatable bonds is 5. The highest BCUT2D eigenvalue weighted by Crippen LogP contribution is 2.26. The monoisotopic (exact) mass is 384 g/mol. The van der Waals surface area contributed by atoms with Crippen molar-refractivity contribution in [2.24, 2.45) is 0 Å². The van der Waals surface area contributed by atoms with Crippen LogP contribution in [0.15, 0.2) is 61.1 Å². The Morgan fingerprint density at radius 1 is 1.10 bits per heavy atom. The van der Waals surface area contributed by atoms with Crippen LogP contribution in [0.2, 0.25) is 0 Å². The number of carbonyl (C=O) groups is 1. The summed E-state index contributed by atoms with van der Waals surface area (Å²) in [5.74, 6) is 1.34. The minimum Gasteiger partial charge on any atom is -0.349 e. The van der Waals surface area contributed by atoms with Gasteiger partial charge in [0.25, 0.3) is 5.91 Å². The number of aromatic nitrogens is 4. The van der Waals surface area contributed by atoms with E-state index in [1.54, 1.807) is 10.7 Å². The van der Waals surface area contributed by atoms with E-state index in [4.69, 9.17) is 0 Å². The Morgan fingerprint density at radius 3 is 2.72 bits per heavy atom. The molecule has 0 atom stereocenters. The Balaban J connectivity index is 1.49. The molecule has 0 spiro atoms. The lowest BCUT2D eigenvalue weighted by Crippen LogP contribution is -2.25. The fraction of sp³-hybridized carbons (Fsp3) is 0.182. The largest absolute Gasteiger partial charge is 0.349 e. The van der Waals surface area contributed by atoms with Crippen LogP contribution >= 0.6 is 0 Å². The van der Waals surface area contributed by atoms with Crippen LogP contribution < -0.4 is 10.6 Å². The predicted molar refractivity (Wildman–Crippen MR) is 111 cm³/mol. The number of amides is 1. The summed E-state index contributed by atoms with van der Waals surface area (Å²) in [4.78, 5) is 21.3. The van der Waals surface area contributed by atoms with Crippen LogP contribution in [-0.2, 0) is 0 Å². The summed E-state index contributed by atoms with van der Waals surface area (Å²) in [6.07, 6.45) is 5.38. The molecule has 2 aromatic carbocycles. The van der Waals surface area contributed by atoms with Gasteiger partial charge in [0.15, 0.2) is 11.6 Å². The van der Waals surface area contributed by atoms with E-state index in [9.17, 15) is 4.79 Å². The second-order valence-electron chi connectivity index (χ2n) is 7.26. The molecule has 144 valence electrons. The first-order valence-electron chi connectivity index (χ1n) is 9.62. The van der Waals surface area contributed by atoms with Crippen molar-refractivity contribution in [2.75, 3.05) is 5.32 Å². The van der Waals surface area contributed by atoms with E-state index in [2.05, 4.69) is 25.7 Å². The first-order valence-corrected chi connectivity index (χ1v) is 9.62. The number of hydrogen-bond donors (Lipinski definition) is 2. The zero-order valence-corrected chi connectivity index (χ0v) is 16.0. The molecule has 7 nitrogen and oxygen atoms in total. The summed E-state index contributed by atoms with van der Waals surface area (Å²) in [7, 11) is 0. The van der Waals surface area contributed by atoms with Gasteiger partial charge in [-0.25, -0.2) is 14.5 Å². The molecule has 29 heavy (non-hydrogen) atoms. The van der Waals surface area contributed by atoms with Crippen molar-refractivity contribution >= 4 is 22.9 Å². The summed E-state index contributed by atoms with van der Waals surface area (Å²) < 4.78 is 1.77. The molecule has 0 bridgehead atoms. The molecule has 4 aromatic rings. The number of hydrogen-bond acceptors (Lipinski definition) is 5. The number of carbonyl (C=O) groups excluding carboxylic acids is 1. The molecule has 0 aliphatic heterocycles. The molecular formula is C22H20N6O. The Kier molecular flexibility index (Phi) is 4.20. The van der Waals surface area contributed by atoms with Gasteiger partial charge >= 0.3 is 0 Å². The van der Waals surface area contributed by atoms with E-state index in [1.165, 1.54) is 6.33 Å². The molecule has 0 saturated heterocycles. The van der Waals surface area contributed by atoms with Gasteiger partial charge in [0.05, 0.1) is 6.20 Å². The Morgan fingerprint density at radius 2 is 1.93 bits per heavy atom. The molecule has 2 N–H and O–H groups in total. The molecule has 7 heteroatoms. The molecule has 5 rings (SSSR count). The van der Waals surface area contributed by atoms with Crippen LogP contribution in [0.4, 0.5) is 11.5 Å². The van der Waals surface area contributed by atoms with Crippen LogP contribution in [0.25, 0.3) is 16.9 Å². The fourth-order valence-electron chi connectivity index (χ4n) is 3.23. The van der Waals surface area contributed by atoms with E-state index in [0.717, 1.165) is 41.0 Å². The van der Waals surface area contributed by atoms with E-state index in [0.29, 0.717) is 17.4 Å². The zero-order chi connectivity index (χ0) is 19.8. The van der Waals surface area contributed by atoms with E-state index >= 15 is 0 Å². The Labute approximate surface area is 167 Å². The van der Waals surface area contributed by atoms with Gasteiger partial charge in [-0.15, -0.1) is 0 Å². The van der Waals surface area contributed by atoms with Crippen LogP contribution in [-0.4, -0.2) is 31.5 Å². The minimum absolute atomic E-state index is 0.0425. The number of anilines is 2. The number of benzene rings is 2. The average Bonchev–Trinajstić information content (AvgIpc) is 3.45. The molecule has 0 radical (unpaired) electrons. The van der Waals surface area contributed by atoms with Crippen LogP contribution in [0, 0.1) is 6.92 Å². The van der Waals surface area contributed by atoms with Gasteiger partial charge in [-0.3, -0.25) is 4.79 Å². The van der Waals surface area contributed by atoms with Crippen molar-refractivity contribution in [3.63, 3.8) is 0 Å². The van der Waals surface area contributed by atoms with Crippen molar-refractivity contribution < 1.29 is 4.79 Å². The first kappa shape index (κ1) is 17.4. The third-order valence-corrected chi connectivity index (χ3v) is 5.03. The standard InChI is InChI=1S/C22H20N6O/c1-14-7-8-16(22(29)26-17-9-10-17)11-18(14)27-20-19-12-23-21(28(19)25-13-24-20)15-5-3-2-4-6-15/h2-8,11-13,17H,9-10H2,1H3,(H,26,29)(H,24,25,27). The molecule has 2 heterocycles. The number of nitrogens with one attached hydrogen (secondary N) is 2. The third kappa shape index (κ3) is 3.42. The Hall–Kier alpha value is -3.74. The maximum Gasteiger partial charge on any atom is 0.251 e. The van der Waals surface area contributed by atoms with E-state index in [-0.39, 0.29) is 5.91 Å². The average molecular weight is 384 g/mol. The van der Waals surface area contributed by atoms with Gasteiger partial charge < -0.3 is 10.6 Å². The van der Waals surface area contributed by atoms with Gasteiger partial charge in [-0.05, 0) is 37.5 Å². The predicted octanol–water partition coefficient (Wildman–Crippen LogP) is 3.74. The lowest BCUT2D eigenvalue weighted by Gasteiger charge is -2.12. The van der Waals surface area contributed by atoms with Gasteiger partial charge in [-0.2, -0.15) is 5.10 Å². The van der Waals surface area contributed by atoms with Gasteiger partial charge in [-0.1, -0.05) is 36.4 Å². The summed E-state index contributed by atoms with van der Waals surface area (Å²) in [5, 5.41) is 10.7. The van der Waals surface area contributed by atoms with Crippen molar-refractivity contribution in [1.29, 1.82) is 0 Å². The smallest absolute Gasteiger partial charge is 0.251 e. The third-order valence-electron chi connectivity index (χ3n) is 5.03. The molecule has 1 aliphatic carbocycles. The second kappa shape index (κ2) is 7.01. The van der Waals surface area contributed by atoms with Gasteiger partial charge in [0.2, 0.25) is 0 Å². The Bertz CT molecular complexity index is 1200. The SMILES string of the molecule is Cc1ccc(C(=O)NC2CC2)cc1Nc1ncnn2c(-c3ccccc3)ncc12. The first-order chi connectivity index (χ1) is 14.2. The molecular weight excluding hydrogens is 364 g/mol. The van der Waals surface area contributed by atoms with Gasteiger partial charge in [0.1, 0.15) is 11.8 Å². The topological polar surface area (TPSA) is 84.2 Å². The molecule has 1 aliphatic rings. The molecule has 2 aromatic heterocycles. The molecule has 0 unspecified atom stereocenters. The van der Waals surface area contributed by atoms with Crippen LogP contribution in [0.3, 0.4) is 0 Å². The van der Waals surface area contributed by atoms with Crippen molar-refractivity contribution in [3.05, 3.63) is 72.2 Å². The van der Waals surface area contributed by atoms with E-state index < -0.39 is 0 Å². The summed E-state index contributed by atoms with van der Waals surface area (Å²) in [5.41, 5.74) is 4.23. The summed E-state index contributed by atoms with van der Waals surface area (Å²) in [6, 6.07) is 15.9. The van der Waals surface area contributed by atoms with Crippen molar-refractivity contribution in [3.8, 4) is 11.4 Å². The molecule has 1 saturated carbocycles. The van der Waals surface area contributed by atoms with Crippen LogP contribution in [0.5, 0.6) is 0 Å². The number of aryl methyl sites for hydroxylation is 1. The maximum absolute atomic E-state index is 12.4. The lowest BCUT2D eigenvalue weighted by molar-refractivity contribution is 0.0951. The van der Waals surface area contributed by atoms with Crippen LogP contribution in [0.1, 0.15) is 28.8 Å². The fourth-order valence-corrected chi connectivity index (χ4v) is 3.23. The summed E-state index contributed by atoms with van der Waals surface area (Å²) in [6.45, 7) is 2.00. The summed E-state index contributed by atoms with van der Waals surface area (Å²) >= 11 is 0. The highest BCUT2D eigenvalue weighted by Gasteiger charge is 2.24. The molecule has 1 fully saturated rings. The zero-order valence-electron chi connectivity index (χ0n) is 16.0. The van der Waals surface area contributed by atoms with E-state index in [1.807, 2.05) is 55.5 Å². The number of fused-ring (bicyclic) bond motifs is 1. The molecule has 1 amide bonds. The minimum atomic E-state index is -0.0425. The highest BCUT2D eigenvalue weighted by atomic mass is 16.1. The quantitative estimate of drug-likeness (QED) is 0.548. The number of imidazole rings is 1. The highest BCUT2D eigenvalue weighted by molar-refractivity contribution is 5.96. The number of nitrogens with zero attached hydrogens (tertiary/aromatic N) is 4. The van der Waals surface area contributed by atoms with Crippen molar-refractivity contribution in [1.82, 2.24) is 24.9 Å². The lowest BCUT2D eigenvalue weighted by atomic mass is 10.1. The maximum atomic E-state index is 12.4. The second-order valence-corrected chi connectivity index (χ2v) is 7.26. The van der Waals surface area contributed by atoms with Crippen molar-refractivity contribution in [2.45, 2.75) is 25.8 Å². The van der Waals surface area contributed by atoms with Gasteiger partial charge in [0, 0.05) is 22.9 Å². The normalized spacial score (nSPS) is 13.4.